The Morgan fingerprint density at radius 1 is 1.00 bits per heavy atom. The topological polar surface area (TPSA) is 142 Å². The minimum absolute atomic E-state index is 0.0605. The van der Waals surface area contributed by atoms with Crippen molar-refractivity contribution in [1.82, 2.24) is 10.6 Å². The van der Waals surface area contributed by atoms with Crippen LogP contribution in [0.5, 0.6) is 0 Å². The third-order valence-corrected chi connectivity index (χ3v) is 3.41. The van der Waals surface area contributed by atoms with Gasteiger partial charge in [-0.2, -0.15) is 0 Å². The molecule has 0 fully saturated rings. The van der Waals surface area contributed by atoms with Crippen molar-refractivity contribution in [3.05, 3.63) is 0 Å². The summed E-state index contributed by atoms with van der Waals surface area (Å²) in [5.41, 5.74) is 5.70. The predicted octanol–water partition coefficient (Wildman–Crippen LogP) is -0.549. The minimum atomic E-state index is -1.26. The Morgan fingerprint density at radius 2 is 1.52 bits per heavy atom. The molecule has 0 aliphatic heterocycles. The maximum absolute atomic E-state index is 12.2. The Hall–Kier alpha value is -1.67. The van der Waals surface area contributed by atoms with E-state index >= 15 is 0 Å². The Balaban J connectivity index is 4.98. The van der Waals surface area contributed by atoms with E-state index in [9.17, 15) is 19.5 Å². The monoisotopic (exact) mass is 331 g/mol. The van der Waals surface area contributed by atoms with E-state index in [-0.39, 0.29) is 18.3 Å². The van der Waals surface area contributed by atoms with Crippen LogP contribution in [0.2, 0.25) is 0 Å². The Morgan fingerprint density at radius 3 is 1.87 bits per heavy atom. The van der Waals surface area contributed by atoms with Gasteiger partial charge < -0.3 is 26.6 Å². The fourth-order valence-electron chi connectivity index (χ4n) is 1.91. The molecule has 2 amide bonds. The van der Waals surface area contributed by atoms with Crippen molar-refractivity contribution in [2.45, 2.75) is 65.3 Å². The second-order valence-corrected chi connectivity index (χ2v) is 6.53. The first kappa shape index (κ1) is 21.3. The summed E-state index contributed by atoms with van der Waals surface area (Å²) < 4.78 is 0. The molecule has 0 radical (unpaired) electrons. The highest BCUT2D eigenvalue weighted by Gasteiger charge is 2.31. The number of carbonyl (C=O) groups excluding carboxylic acids is 2. The van der Waals surface area contributed by atoms with E-state index in [1.54, 1.807) is 13.8 Å². The number of hydrogen-bond acceptors (Lipinski definition) is 5. The Bertz CT molecular complexity index is 423. The van der Waals surface area contributed by atoms with Gasteiger partial charge in [0.15, 0.2) is 0 Å². The summed E-state index contributed by atoms with van der Waals surface area (Å²) >= 11 is 0. The van der Waals surface area contributed by atoms with Gasteiger partial charge in [-0.3, -0.25) is 9.59 Å². The van der Waals surface area contributed by atoms with E-state index in [1.165, 1.54) is 6.92 Å². The number of aliphatic hydroxyl groups is 1. The van der Waals surface area contributed by atoms with Crippen LogP contribution in [0.25, 0.3) is 0 Å². The number of rotatable bonds is 9. The molecule has 8 heteroatoms. The van der Waals surface area contributed by atoms with Gasteiger partial charge in [0.25, 0.3) is 0 Å². The lowest BCUT2D eigenvalue weighted by Gasteiger charge is -2.25. The van der Waals surface area contributed by atoms with Crippen molar-refractivity contribution < 1.29 is 24.6 Å². The summed E-state index contributed by atoms with van der Waals surface area (Å²) in [5.74, 6) is -2.57. The zero-order chi connectivity index (χ0) is 18.3. The largest absolute Gasteiger partial charge is 0.480 e. The lowest BCUT2D eigenvalue weighted by atomic mass is 10.0. The van der Waals surface area contributed by atoms with Gasteiger partial charge >= 0.3 is 5.97 Å². The molecule has 0 saturated carbocycles. The smallest absolute Gasteiger partial charge is 0.326 e. The van der Waals surface area contributed by atoms with Crippen LogP contribution in [0.1, 0.15) is 41.0 Å². The lowest BCUT2D eigenvalue weighted by Crippen LogP contribution is -2.58. The molecule has 6 N–H and O–H groups in total. The number of carboxylic acid groups (broad SMARTS) is 1. The van der Waals surface area contributed by atoms with E-state index < -0.39 is 42.0 Å². The third kappa shape index (κ3) is 7.43. The molecule has 0 spiro atoms. The second-order valence-electron chi connectivity index (χ2n) is 6.53. The molecule has 4 atom stereocenters. The number of carbonyl (C=O) groups is 3. The third-order valence-electron chi connectivity index (χ3n) is 3.41. The molecule has 0 rings (SSSR count). The summed E-state index contributed by atoms with van der Waals surface area (Å²) in [7, 11) is 0. The molecule has 0 heterocycles. The second kappa shape index (κ2) is 9.46. The maximum atomic E-state index is 12.2. The number of nitrogens with one attached hydrogen (secondary N) is 2. The molecule has 0 unspecified atom stereocenters. The summed E-state index contributed by atoms with van der Waals surface area (Å²) in [5, 5.41) is 23.6. The van der Waals surface area contributed by atoms with Crippen LogP contribution in [0, 0.1) is 11.8 Å². The molecule has 23 heavy (non-hydrogen) atoms. The molecular weight excluding hydrogens is 302 g/mol. The van der Waals surface area contributed by atoms with E-state index in [4.69, 9.17) is 10.8 Å². The van der Waals surface area contributed by atoms with Crippen LogP contribution in [0.4, 0.5) is 0 Å². The molecular formula is C15H29N3O5. The van der Waals surface area contributed by atoms with Crippen molar-refractivity contribution in [2.24, 2.45) is 17.6 Å². The van der Waals surface area contributed by atoms with Crippen molar-refractivity contribution >= 4 is 17.8 Å². The van der Waals surface area contributed by atoms with E-state index in [0.29, 0.717) is 0 Å². The van der Waals surface area contributed by atoms with Gasteiger partial charge in [0.1, 0.15) is 12.1 Å². The Labute approximate surface area is 136 Å². The highest BCUT2D eigenvalue weighted by Crippen LogP contribution is 2.06. The van der Waals surface area contributed by atoms with Crippen molar-refractivity contribution in [2.75, 3.05) is 0 Å². The Kier molecular flexibility index (Phi) is 8.78. The summed E-state index contributed by atoms with van der Waals surface area (Å²) in [6.07, 6.45) is -0.945. The van der Waals surface area contributed by atoms with Crippen LogP contribution in [-0.4, -0.2) is 52.2 Å². The SMILES string of the molecule is CC(C)C[C@H](NC(=O)[C@@H](NC(=O)[C@@H](N)C(C)C)[C@@H](C)O)C(=O)O. The average molecular weight is 331 g/mol. The fourth-order valence-corrected chi connectivity index (χ4v) is 1.91. The zero-order valence-electron chi connectivity index (χ0n) is 14.4. The van der Waals surface area contributed by atoms with Gasteiger partial charge in [-0.05, 0) is 25.2 Å². The normalized spacial score (nSPS) is 16.6. The highest BCUT2D eigenvalue weighted by atomic mass is 16.4. The quantitative estimate of drug-likeness (QED) is 0.384. The van der Waals surface area contributed by atoms with Gasteiger partial charge in [-0.15, -0.1) is 0 Å². The van der Waals surface area contributed by atoms with Gasteiger partial charge in [-0.25, -0.2) is 4.79 Å². The highest BCUT2D eigenvalue weighted by molar-refractivity contribution is 5.92. The lowest BCUT2D eigenvalue weighted by molar-refractivity contribution is -0.143. The maximum Gasteiger partial charge on any atom is 0.326 e. The number of nitrogens with two attached hydrogens (primary N) is 1. The van der Waals surface area contributed by atoms with Crippen LogP contribution in [-0.2, 0) is 14.4 Å². The number of hydrogen-bond donors (Lipinski definition) is 5. The molecule has 0 aliphatic rings. The minimum Gasteiger partial charge on any atom is -0.480 e. The van der Waals surface area contributed by atoms with Crippen LogP contribution in [0.15, 0.2) is 0 Å². The molecule has 0 aromatic rings. The summed E-state index contributed by atoms with van der Waals surface area (Å²) in [6, 6.07) is -3.17. The first-order chi connectivity index (χ1) is 10.5. The number of aliphatic hydroxyl groups excluding tert-OH is 1. The molecule has 0 aliphatic carbocycles. The molecule has 8 nitrogen and oxygen atoms in total. The molecule has 0 saturated heterocycles. The average Bonchev–Trinajstić information content (AvgIpc) is 2.41. The van der Waals surface area contributed by atoms with Crippen LogP contribution < -0.4 is 16.4 Å². The van der Waals surface area contributed by atoms with E-state index in [0.717, 1.165) is 0 Å². The summed E-state index contributed by atoms with van der Waals surface area (Å²) in [6.45, 7) is 8.51. The van der Waals surface area contributed by atoms with Crippen molar-refractivity contribution in [3.8, 4) is 0 Å². The molecule has 0 aromatic heterocycles. The first-order valence-electron chi connectivity index (χ1n) is 7.74. The van der Waals surface area contributed by atoms with Gasteiger partial charge in [-0.1, -0.05) is 27.7 Å². The number of aliphatic carboxylic acids is 1. The standard InChI is InChI=1S/C15H29N3O5/c1-7(2)6-10(15(22)23)17-14(21)12(9(5)19)18-13(20)11(16)8(3)4/h7-12,19H,6,16H2,1-5H3,(H,17,21)(H,18,20)(H,22,23)/t9-,10+,11+,12+/m1/s1. The van der Waals surface area contributed by atoms with Crippen molar-refractivity contribution in [3.63, 3.8) is 0 Å². The number of amides is 2. The van der Waals surface area contributed by atoms with Crippen LogP contribution >= 0.6 is 0 Å². The fraction of sp³-hybridized carbons (Fsp3) is 0.800. The zero-order valence-corrected chi connectivity index (χ0v) is 14.4. The van der Waals surface area contributed by atoms with E-state index in [1.807, 2.05) is 13.8 Å². The van der Waals surface area contributed by atoms with Crippen molar-refractivity contribution in [1.29, 1.82) is 0 Å². The van der Waals surface area contributed by atoms with Gasteiger partial charge in [0.2, 0.25) is 11.8 Å². The summed E-state index contributed by atoms with van der Waals surface area (Å²) in [4.78, 5) is 35.4. The van der Waals surface area contributed by atoms with Gasteiger partial charge in [0.05, 0.1) is 12.1 Å². The van der Waals surface area contributed by atoms with Gasteiger partial charge in [0, 0.05) is 0 Å². The van der Waals surface area contributed by atoms with E-state index in [2.05, 4.69) is 10.6 Å². The molecule has 0 aromatic carbocycles. The number of carboxylic acids is 1. The van der Waals surface area contributed by atoms with Crippen LogP contribution in [0.3, 0.4) is 0 Å². The molecule has 0 bridgehead atoms. The first-order valence-corrected chi connectivity index (χ1v) is 7.74. The molecule has 134 valence electrons. The predicted molar refractivity (Wildman–Crippen MR) is 85.4 cm³/mol.